The van der Waals surface area contributed by atoms with E-state index < -0.39 is 0 Å². The molecule has 3 rings (SSSR count). The lowest BCUT2D eigenvalue weighted by Gasteiger charge is -2.33. The van der Waals surface area contributed by atoms with E-state index in [2.05, 4.69) is 43.1 Å². The number of carbonyl (C=O) groups excluding carboxylic acids is 1. The number of aromatic nitrogens is 1. The van der Waals surface area contributed by atoms with Crippen molar-refractivity contribution in [2.75, 3.05) is 49.6 Å². The summed E-state index contributed by atoms with van der Waals surface area (Å²) in [5.74, 6) is 2.15. The van der Waals surface area contributed by atoms with Gasteiger partial charge in [-0.15, -0.1) is 0 Å². The maximum Gasteiger partial charge on any atom is 0.219 e. The van der Waals surface area contributed by atoms with Crippen LogP contribution in [-0.4, -0.2) is 61.2 Å². The lowest BCUT2D eigenvalue weighted by atomic mass is 9.87. The molecule has 0 radical (unpaired) electrons. The fraction of sp³-hybridized carbons (Fsp3) is 0.700. The Hall–Kier alpha value is -1.82. The van der Waals surface area contributed by atoms with Gasteiger partial charge in [-0.1, -0.05) is 20.8 Å². The van der Waals surface area contributed by atoms with E-state index in [0.717, 1.165) is 63.9 Å². The molecule has 0 atom stereocenters. The number of hydrogen-bond acceptors (Lipinski definition) is 5. The van der Waals surface area contributed by atoms with Gasteiger partial charge in [0.25, 0.3) is 0 Å². The highest BCUT2D eigenvalue weighted by atomic mass is 16.5. The van der Waals surface area contributed by atoms with Gasteiger partial charge in [0, 0.05) is 39.1 Å². The number of amides is 1. The number of piperidine rings is 1. The number of hydrogen-bond donors (Lipinski definition) is 1. The van der Waals surface area contributed by atoms with Gasteiger partial charge in [0.15, 0.2) is 0 Å². The van der Waals surface area contributed by atoms with Crippen molar-refractivity contribution in [3.63, 3.8) is 0 Å². The van der Waals surface area contributed by atoms with Gasteiger partial charge in [-0.2, -0.15) is 0 Å². The first-order valence-corrected chi connectivity index (χ1v) is 9.70. The number of anilines is 2. The van der Waals surface area contributed by atoms with E-state index in [4.69, 9.17) is 9.72 Å². The fourth-order valence-electron chi connectivity index (χ4n) is 3.53. The molecule has 6 heteroatoms. The summed E-state index contributed by atoms with van der Waals surface area (Å²) in [5, 5.41) is 3.63. The minimum absolute atomic E-state index is 0.0679. The molecule has 144 valence electrons. The lowest BCUT2D eigenvalue weighted by Crippen LogP contribution is -2.41. The molecule has 0 saturated carbocycles. The SMILES string of the molecule is CC(=O)N1CCC(Nc2cc(C(C)(C)C)cc(N3CCOCC3)n2)CC1. The molecule has 2 aliphatic heterocycles. The summed E-state index contributed by atoms with van der Waals surface area (Å²) in [6.07, 6.45) is 1.93. The van der Waals surface area contributed by atoms with Gasteiger partial charge >= 0.3 is 0 Å². The summed E-state index contributed by atoms with van der Waals surface area (Å²) in [5.41, 5.74) is 1.36. The van der Waals surface area contributed by atoms with Crippen LogP contribution in [0.15, 0.2) is 12.1 Å². The molecule has 1 N–H and O–H groups in total. The van der Waals surface area contributed by atoms with Crippen molar-refractivity contribution >= 4 is 17.5 Å². The van der Waals surface area contributed by atoms with Crippen LogP contribution < -0.4 is 10.2 Å². The number of likely N-dealkylation sites (tertiary alicyclic amines) is 1. The molecule has 2 aliphatic rings. The normalized spacial score (nSPS) is 19.5. The van der Waals surface area contributed by atoms with Crippen LogP contribution in [0, 0.1) is 0 Å². The van der Waals surface area contributed by atoms with Crippen molar-refractivity contribution in [3.8, 4) is 0 Å². The maximum atomic E-state index is 11.5. The Morgan fingerprint density at radius 3 is 2.38 bits per heavy atom. The number of carbonyl (C=O) groups is 1. The number of morpholine rings is 1. The summed E-state index contributed by atoms with van der Waals surface area (Å²) in [4.78, 5) is 20.6. The lowest BCUT2D eigenvalue weighted by molar-refractivity contribution is -0.129. The summed E-state index contributed by atoms with van der Waals surface area (Å²) in [6, 6.07) is 4.77. The van der Waals surface area contributed by atoms with Gasteiger partial charge in [0.1, 0.15) is 11.6 Å². The van der Waals surface area contributed by atoms with E-state index in [1.165, 1.54) is 5.56 Å². The van der Waals surface area contributed by atoms with Crippen LogP contribution in [-0.2, 0) is 14.9 Å². The van der Waals surface area contributed by atoms with Crippen molar-refractivity contribution in [3.05, 3.63) is 17.7 Å². The largest absolute Gasteiger partial charge is 0.378 e. The van der Waals surface area contributed by atoms with Crippen molar-refractivity contribution in [2.45, 2.75) is 52.0 Å². The van der Waals surface area contributed by atoms with E-state index in [1.54, 1.807) is 6.92 Å². The molecule has 2 fully saturated rings. The minimum Gasteiger partial charge on any atom is -0.378 e. The number of pyridine rings is 1. The van der Waals surface area contributed by atoms with E-state index in [0.29, 0.717) is 6.04 Å². The van der Waals surface area contributed by atoms with Gasteiger partial charge in [0.2, 0.25) is 5.91 Å². The van der Waals surface area contributed by atoms with Crippen molar-refractivity contribution < 1.29 is 9.53 Å². The highest BCUT2D eigenvalue weighted by molar-refractivity contribution is 5.73. The van der Waals surface area contributed by atoms with Gasteiger partial charge < -0.3 is 19.9 Å². The zero-order valence-corrected chi connectivity index (χ0v) is 16.5. The third-order valence-electron chi connectivity index (χ3n) is 5.31. The van der Waals surface area contributed by atoms with Gasteiger partial charge in [0.05, 0.1) is 13.2 Å². The number of nitrogens with zero attached hydrogens (tertiary/aromatic N) is 3. The molecule has 1 amide bonds. The molecular weight excluding hydrogens is 328 g/mol. The standard InChI is InChI=1S/C20H32N4O2/c1-15(25)23-7-5-17(6-8-23)21-18-13-16(20(2,3)4)14-19(22-18)24-9-11-26-12-10-24/h13-14,17H,5-12H2,1-4H3,(H,21,22). The van der Waals surface area contributed by atoms with Crippen LogP contribution in [0.3, 0.4) is 0 Å². The van der Waals surface area contributed by atoms with E-state index in [-0.39, 0.29) is 11.3 Å². The highest BCUT2D eigenvalue weighted by Gasteiger charge is 2.23. The Balaban J connectivity index is 1.76. The second kappa shape index (κ2) is 7.82. The molecule has 3 heterocycles. The molecule has 0 spiro atoms. The molecule has 1 aromatic rings. The van der Waals surface area contributed by atoms with Crippen LogP contribution in [0.1, 0.15) is 46.1 Å². The maximum absolute atomic E-state index is 11.5. The van der Waals surface area contributed by atoms with Crippen molar-refractivity contribution in [1.29, 1.82) is 0 Å². The van der Waals surface area contributed by atoms with Gasteiger partial charge in [-0.3, -0.25) is 4.79 Å². The van der Waals surface area contributed by atoms with Crippen LogP contribution in [0.25, 0.3) is 0 Å². The molecule has 2 saturated heterocycles. The van der Waals surface area contributed by atoms with E-state index >= 15 is 0 Å². The topological polar surface area (TPSA) is 57.7 Å². The molecule has 0 aromatic carbocycles. The smallest absolute Gasteiger partial charge is 0.219 e. The Bertz CT molecular complexity index is 627. The summed E-state index contributed by atoms with van der Waals surface area (Å²) in [7, 11) is 0. The van der Waals surface area contributed by atoms with Crippen LogP contribution in [0.2, 0.25) is 0 Å². The summed E-state index contributed by atoms with van der Waals surface area (Å²) in [6.45, 7) is 13.3. The zero-order valence-electron chi connectivity index (χ0n) is 16.5. The monoisotopic (exact) mass is 360 g/mol. The molecular formula is C20H32N4O2. The first-order valence-electron chi connectivity index (χ1n) is 9.70. The number of rotatable bonds is 3. The van der Waals surface area contributed by atoms with E-state index in [1.807, 2.05) is 4.90 Å². The van der Waals surface area contributed by atoms with Crippen LogP contribution in [0.5, 0.6) is 0 Å². The molecule has 6 nitrogen and oxygen atoms in total. The number of ether oxygens (including phenoxy) is 1. The fourth-order valence-corrected chi connectivity index (χ4v) is 3.53. The van der Waals surface area contributed by atoms with Crippen LogP contribution in [0.4, 0.5) is 11.6 Å². The predicted molar refractivity (Wildman–Crippen MR) is 105 cm³/mol. The second-order valence-electron chi connectivity index (χ2n) is 8.37. The van der Waals surface area contributed by atoms with E-state index in [9.17, 15) is 4.79 Å². The van der Waals surface area contributed by atoms with Gasteiger partial charge in [-0.25, -0.2) is 4.98 Å². The molecule has 0 bridgehead atoms. The van der Waals surface area contributed by atoms with Crippen molar-refractivity contribution in [1.82, 2.24) is 9.88 Å². The third kappa shape index (κ3) is 4.67. The van der Waals surface area contributed by atoms with Crippen LogP contribution >= 0.6 is 0 Å². The first-order chi connectivity index (χ1) is 12.3. The molecule has 1 aromatic heterocycles. The highest BCUT2D eigenvalue weighted by Crippen LogP contribution is 2.29. The number of nitrogens with one attached hydrogen (secondary N) is 1. The first kappa shape index (κ1) is 19.0. The molecule has 0 aliphatic carbocycles. The Morgan fingerprint density at radius 1 is 1.15 bits per heavy atom. The van der Waals surface area contributed by atoms with Crippen molar-refractivity contribution in [2.24, 2.45) is 0 Å². The average Bonchev–Trinajstić information content (AvgIpc) is 2.62. The molecule has 26 heavy (non-hydrogen) atoms. The zero-order chi connectivity index (χ0) is 18.7. The third-order valence-corrected chi connectivity index (χ3v) is 5.31. The van der Waals surface area contributed by atoms with Gasteiger partial charge in [-0.05, 0) is 36.0 Å². The summed E-state index contributed by atoms with van der Waals surface area (Å²) < 4.78 is 5.48. The quantitative estimate of drug-likeness (QED) is 0.898. The average molecular weight is 361 g/mol. The predicted octanol–water partition coefficient (Wildman–Crippen LogP) is 2.64. The Labute approximate surface area is 156 Å². The summed E-state index contributed by atoms with van der Waals surface area (Å²) >= 11 is 0. The Morgan fingerprint density at radius 2 is 1.81 bits per heavy atom. The molecule has 0 unspecified atom stereocenters. The Kier molecular flexibility index (Phi) is 5.70. The second-order valence-corrected chi connectivity index (χ2v) is 8.37. The minimum atomic E-state index is 0.0679.